The van der Waals surface area contributed by atoms with Crippen molar-refractivity contribution in [3.05, 3.63) is 54.6 Å². The zero-order valence-electron chi connectivity index (χ0n) is 19.0. The van der Waals surface area contributed by atoms with Crippen LogP contribution in [0.5, 0.6) is 0 Å². The summed E-state index contributed by atoms with van der Waals surface area (Å²) in [6.45, 7) is 12.3. The average Bonchev–Trinajstić information content (AvgIpc) is 3.36. The van der Waals surface area contributed by atoms with Gasteiger partial charge in [0.05, 0.1) is 24.2 Å². The number of hydrogen-bond acceptors (Lipinski definition) is 4. The van der Waals surface area contributed by atoms with Gasteiger partial charge in [-0.2, -0.15) is 0 Å². The smallest absolute Gasteiger partial charge is 0.124 e. The molecule has 6 nitrogen and oxygen atoms in total. The van der Waals surface area contributed by atoms with Gasteiger partial charge in [-0.1, -0.05) is 12.1 Å². The first-order valence-electron chi connectivity index (χ1n) is 11.9. The molecular weight excluding hydrogens is 386 g/mol. The second-order valence-electron chi connectivity index (χ2n) is 8.46. The zero-order chi connectivity index (χ0) is 21.3. The molecule has 6 heteroatoms. The molecule has 4 rings (SSSR count). The summed E-state index contributed by atoms with van der Waals surface area (Å²) in [6.07, 6.45) is 8.07. The summed E-state index contributed by atoms with van der Waals surface area (Å²) in [4.78, 5) is 10.2. The molecule has 0 aliphatic carbocycles. The fourth-order valence-electron chi connectivity index (χ4n) is 4.55. The first kappa shape index (κ1) is 22.1. The van der Waals surface area contributed by atoms with Crippen LogP contribution in [0.1, 0.15) is 32.0 Å². The number of fused-ring (bicyclic) bond motifs is 1. The number of benzene rings is 1. The van der Waals surface area contributed by atoms with E-state index in [2.05, 4.69) is 74.6 Å². The number of nitrogens with zero attached hydrogens (tertiary/aromatic N) is 5. The molecule has 0 N–H and O–H groups in total. The number of rotatable bonds is 11. The van der Waals surface area contributed by atoms with Gasteiger partial charge in [0.1, 0.15) is 5.82 Å². The number of imidazole rings is 1. The van der Waals surface area contributed by atoms with Gasteiger partial charge in [0.2, 0.25) is 0 Å². The molecule has 0 amide bonds. The number of aryl methyl sites for hydroxylation is 1. The van der Waals surface area contributed by atoms with E-state index in [0.29, 0.717) is 0 Å². The lowest BCUT2D eigenvalue weighted by atomic mass is 10.2. The highest BCUT2D eigenvalue weighted by molar-refractivity contribution is 5.75. The maximum atomic E-state index is 5.63. The highest BCUT2D eigenvalue weighted by Gasteiger charge is 2.18. The largest absolute Gasteiger partial charge is 0.380 e. The van der Waals surface area contributed by atoms with Crippen molar-refractivity contribution in [1.29, 1.82) is 0 Å². The molecule has 0 bridgehead atoms. The number of hydrogen-bond donors (Lipinski definition) is 0. The highest BCUT2D eigenvalue weighted by atomic mass is 16.5. The van der Waals surface area contributed by atoms with E-state index in [0.717, 1.165) is 58.0 Å². The molecule has 0 atom stereocenters. The maximum Gasteiger partial charge on any atom is 0.124 e. The number of aromatic nitrogens is 3. The normalized spacial score (nSPS) is 16.2. The predicted molar refractivity (Wildman–Crippen MR) is 126 cm³/mol. The molecule has 1 aromatic carbocycles. The molecule has 0 radical (unpaired) electrons. The van der Waals surface area contributed by atoms with Gasteiger partial charge in [-0.05, 0) is 70.1 Å². The van der Waals surface area contributed by atoms with Crippen LogP contribution >= 0.6 is 0 Å². The van der Waals surface area contributed by atoms with E-state index in [1.165, 1.54) is 43.7 Å². The van der Waals surface area contributed by atoms with Gasteiger partial charge in [-0.3, -0.25) is 4.90 Å². The molecule has 31 heavy (non-hydrogen) atoms. The molecule has 3 aromatic rings. The average molecular weight is 424 g/mol. The van der Waals surface area contributed by atoms with Gasteiger partial charge in [-0.15, -0.1) is 0 Å². The molecule has 2 aromatic heterocycles. The Balaban J connectivity index is 1.29. The second kappa shape index (κ2) is 11.5. The standard InChI is InChI=1S/C25H37N5O/c1-2-31-21-20-30-24-11-4-3-10-23(24)26-25(30)22-29-17-9-16-28(18-19-29)15-8-7-14-27-12-5-6-13-27/h3-6,10-13H,2,7-9,14-22H2,1H3. The van der Waals surface area contributed by atoms with E-state index in [-0.39, 0.29) is 0 Å². The van der Waals surface area contributed by atoms with Gasteiger partial charge in [0, 0.05) is 45.2 Å². The third-order valence-corrected chi connectivity index (χ3v) is 6.25. The van der Waals surface area contributed by atoms with Crippen LogP contribution in [0, 0.1) is 0 Å². The SMILES string of the molecule is CCOCCn1c(CN2CCCN(CCCCn3cccc3)CC2)nc2ccccc21. The van der Waals surface area contributed by atoms with Crippen LogP contribution in [0.3, 0.4) is 0 Å². The summed E-state index contributed by atoms with van der Waals surface area (Å²) < 4.78 is 10.3. The van der Waals surface area contributed by atoms with Crippen molar-refractivity contribution in [2.45, 2.75) is 45.8 Å². The van der Waals surface area contributed by atoms with E-state index in [1.54, 1.807) is 0 Å². The molecule has 168 valence electrons. The summed E-state index contributed by atoms with van der Waals surface area (Å²) in [7, 11) is 0. The summed E-state index contributed by atoms with van der Waals surface area (Å²) >= 11 is 0. The minimum absolute atomic E-state index is 0.737. The minimum Gasteiger partial charge on any atom is -0.380 e. The molecule has 1 aliphatic heterocycles. The Hall–Kier alpha value is -2.15. The topological polar surface area (TPSA) is 38.5 Å². The predicted octanol–water partition coefficient (Wildman–Crippen LogP) is 3.86. The second-order valence-corrected chi connectivity index (χ2v) is 8.46. The van der Waals surface area contributed by atoms with Crippen molar-refractivity contribution >= 4 is 11.0 Å². The quantitative estimate of drug-likeness (QED) is 0.439. The summed E-state index contributed by atoms with van der Waals surface area (Å²) in [6, 6.07) is 12.7. The molecule has 0 spiro atoms. The lowest BCUT2D eigenvalue weighted by Crippen LogP contribution is -2.32. The van der Waals surface area contributed by atoms with Crippen LogP contribution < -0.4 is 0 Å². The van der Waals surface area contributed by atoms with Crippen LogP contribution in [0.15, 0.2) is 48.8 Å². The van der Waals surface area contributed by atoms with E-state index >= 15 is 0 Å². The van der Waals surface area contributed by atoms with Gasteiger partial charge in [0.15, 0.2) is 0 Å². The molecule has 1 fully saturated rings. The molecule has 1 aliphatic rings. The molecule has 0 unspecified atom stereocenters. The first-order chi connectivity index (χ1) is 15.3. The van der Waals surface area contributed by atoms with Gasteiger partial charge in [0.25, 0.3) is 0 Å². The number of para-hydroxylation sites is 2. The lowest BCUT2D eigenvalue weighted by molar-refractivity contribution is 0.138. The summed E-state index contributed by atoms with van der Waals surface area (Å²) in [5.41, 5.74) is 2.31. The summed E-state index contributed by atoms with van der Waals surface area (Å²) in [5.74, 6) is 1.17. The van der Waals surface area contributed by atoms with Crippen molar-refractivity contribution in [3.63, 3.8) is 0 Å². The van der Waals surface area contributed by atoms with Crippen LogP contribution in [-0.4, -0.2) is 69.9 Å². The number of ether oxygens (including phenoxy) is 1. The molecule has 1 saturated heterocycles. The van der Waals surface area contributed by atoms with Crippen LogP contribution in [0.25, 0.3) is 11.0 Å². The minimum atomic E-state index is 0.737. The fourth-order valence-corrected chi connectivity index (χ4v) is 4.55. The van der Waals surface area contributed by atoms with Crippen molar-refractivity contribution in [3.8, 4) is 0 Å². The highest BCUT2D eigenvalue weighted by Crippen LogP contribution is 2.18. The molecule has 0 saturated carbocycles. The maximum absolute atomic E-state index is 5.63. The number of unbranched alkanes of at least 4 members (excludes halogenated alkanes) is 1. The molecule has 3 heterocycles. The van der Waals surface area contributed by atoms with Crippen molar-refractivity contribution < 1.29 is 4.74 Å². The van der Waals surface area contributed by atoms with Crippen LogP contribution in [-0.2, 0) is 24.4 Å². The van der Waals surface area contributed by atoms with E-state index in [1.807, 2.05) is 0 Å². The van der Waals surface area contributed by atoms with Crippen molar-refractivity contribution in [2.24, 2.45) is 0 Å². The van der Waals surface area contributed by atoms with Crippen molar-refractivity contribution in [1.82, 2.24) is 23.9 Å². The third-order valence-electron chi connectivity index (χ3n) is 6.25. The van der Waals surface area contributed by atoms with E-state index in [4.69, 9.17) is 9.72 Å². The Morgan fingerprint density at radius 2 is 1.65 bits per heavy atom. The van der Waals surface area contributed by atoms with Crippen molar-refractivity contribution in [2.75, 3.05) is 45.9 Å². The monoisotopic (exact) mass is 423 g/mol. The van der Waals surface area contributed by atoms with E-state index < -0.39 is 0 Å². The van der Waals surface area contributed by atoms with Gasteiger partial charge < -0.3 is 18.8 Å². The molecular formula is C25H37N5O. The van der Waals surface area contributed by atoms with Gasteiger partial charge >= 0.3 is 0 Å². The van der Waals surface area contributed by atoms with Crippen LogP contribution in [0.4, 0.5) is 0 Å². The Bertz CT molecular complexity index is 904. The van der Waals surface area contributed by atoms with Gasteiger partial charge in [-0.25, -0.2) is 4.98 Å². The van der Waals surface area contributed by atoms with Crippen LogP contribution in [0.2, 0.25) is 0 Å². The summed E-state index contributed by atoms with van der Waals surface area (Å²) in [5, 5.41) is 0. The zero-order valence-corrected chi connectivity index (χ0v) is 19.0. The first-order valence-corrected chi connectivity index (χ1v) is 11.9. The lowest BCUT2D eigenvalue weighted by Gasteiger charge is -2.22. The Morgan fingerprint density at radius 1 is 0.871 bits per heavy atom. The Morgan fingerprint density at radius 3 is 2.52 bits per heavy atom. The van der Waals surface area contributed by atoms with E-state index in [9.17, 15) is 0 Å². The Labute approximate surface area is 186 Å². The Kier molecular flexibility index (Phi) is 8.16. The third kappa shape index (κ3) is 6.19. The fraction of sp³-hybridized carbons (Fsp3) is 0.560.